The molecule has 1 aliphatic carbocycles. The van der Waals surface area contributed by atoms with Gasteiger partial charge in [-0.15, -0.1) is 0 Å². The maximum atomic E-state index is 11.1. The van der Waals surface area contributed by atoms with Crippen molar-refractivity contribution >= 4 is 11.3 Å². The fourth-order valence-electron chi connectivity index (χ4n) is 4.91. The Kier molecular flexibility index (Phi) is 6.41. The molecule has 1 aliphatic heterocycles. The average Bonchev–Trinajstić information content (AvgIpc) is 3.68. The van der Waals surface area contributed by atoms with Crippen molar-refractivity contribution in [1.82, 2.24) is 19.6 Å². The summed E-state index contributed by atoms with van der Waals surface area (Å²) in [5.74, 6) is 8.32. The van der Waals surface area contributed by atoms with Gasteiger partial charge in [0.2, 0.25) is 0 Å². The number of aliphatic hydroxyl groups is 1. The number of piperidine rings is 1. The highest BCUT2D eigenvalue weighted by atomic mass is 16.5. The lowest BCUT2D eigenvalue weighted by Crippen LogP contribution is -2.46. The first-order valence-corrected chi connectivity index (χ1v) is 13.0. The summed E-state index contributed by atoms with van der Waals surface area (Å²) >= 11 is 0. The minimum atomic E-state index is -0.754. The van der Waals surface area contributed by atoms with Crippen LogP contribution in [0.4, 0.5) is 5.82 Å². The Morgan fingerprint density at radius 3 is 2.68 bits per heavy atom. The van der Waals surface area contributed by atoms with Crippen LogP contribution in [0.1, 0.15) is 36.9 Å². The van der Waals surface area contributed by atoms with Gasteiger partial charge in [0.15, 0.2) is 0 Å². The normalized spacial score (nSPS) is 16.5. The molecule has 0 aromatic carbocycles. The lowest BCUT2D eigenvalue weighted by Gasteiger charge is -2.38. The maximum Gasteiger partial charge on any atom is 0.149 e. The number of hydrogen-bond donors (Lipinski definition) is 1. The van der Waals surface area contributed by atoms with E-state index in [4.69, 9.17) is 9.72 Å². The minimum absolute atomic E-state index is 0.312. The monoisotopic (exact) mass is 504 g/mol. The van der Waals surface area contributed by atoms with E-state index in [1.165, 1.54) is 12.8 Å². The van der Waals surface area contributed by atoms with Crippen LogP contribution in [0.3, 0.4) is 0 Å². The summed E-state index contributed by atoms with van der Waals surface area (Å²) in [7, 11) is 0. The van der Waals surface area contributed by atoms with Gasteiger partial charge in [-0.05, 0) is 56.0 Å². The molecular formula is C30H28N6O2. The lowest BCUT2D eigenvalue weighted by atomic mass is 9.87. The van der Waals surface area contributed by atoms with Gasteiger partial charge in [-0.25, -0.2) is 9.50 Å². The van der Waals surface area contributed by atoms with Crippen LogP contribution in [0.5, 0.6) is 5.75 Å². The van der Waals surface area contributed by atoms with Gasteiger partial charge < -0.3 is 14.7 Å². The fourth-order valence-corrected chi connectivity index (χ4v) is 4.91. The minimum Gasteiger partial charge on any atom is -0.479 e. The zero-order valence-electron chi connectivity index (χ0n) is 21.0. The molecule has 0 spiro atoms. The molecule has 0 unspecified atom stereocenters. The number of nitrogens with zero attached hydrogens (tertiary/aromatic N) is 6. The molecule has 0 radical (unpaired) electrons. The standard InChI is InChI=1S/C30H28N6O2/c31-18-24-20-34-36-21-26(38-15-3-4-22-6-7-22)16-27(29(24)36)23-8-9-28(33-19-23)35-13-10-30(37,11-14-35)17-25-5-1-2-12-32-25/h1-2,5,8-9,12,16,19-22,37H,6-7,10-11,13-15,17H2. The molecule has 38 heavy (non-hydrogen) atoms. The molecular weight excluding hydrogens is 476 g/mol. The zero-order chi connectivity index (χ0) is 26.0. The van der Waals surface area contributed by atoms with Crippen LogP contribution in [0.2, 0.25) is 0 Å². The molecule has 0 bridgehead atoms. The van der Waals surface area contributed by atoms with Crippen molar-refractivity contribution in [2.75, 3.05) is 24.6 Å². The number of nitriles is 1. The summed E-state index contributed by atoms with van der Waals surface area (Å²) < 4.78 is 7.58. The summed E-state index contributed by atoms with van der Waals surface area (Å²) in [6, 6.07) is 14.0. The SMILES string of the molecule is N#Cc1cnn2cc(OCC#CC3CC3)cc(-c3ccc(N4CCC(O)(Cc5ccccn5)CC4)nc3)c12. The van der Waals surface area contributed by atoms with E-state index in [1.54, 1.807) is 23.1 Å². The molecule has 190 valence electrons. The summed E-state index contributed by atoms with van der Waals surface area (Å²) in [6.45, 7) is 1.74. The molecule has 1 N–H and O–H groups in total. The largest absolute Gasteiger partial charge is 0.479 e. The molecule has 2 fully saturated rings. The molecule has 1 saturated heterocycles. The molecule has 0 atom stereocenters. The smallest absolute Gasteiger partial charge is 0.149 e. The maximum absolute atomic E-state index is 11.1. The van der Waals surface area contributed by atoms with E-state index >= 15 is 0 Å². The van der Waals surface area contributed by atoms with Crippen LogP contribution in [-0.4, -0.2) is 50.0 Å². The van der Waals surface area contributed by atoms with Gasteiger partial charge in [-0.3, -0.25) is 4.98 Å². The van der Waals surface area contributed by atoms with Gasteiger partial charge >= 0.3 is 0 Å². The third-order valence-corrected chi connectivity index (χ3v) is 7.22. The second-order valence-electron chi connectivity index (χ2n) is 10.1. The number of anilines is 1. The first-order chi connectivity index (χ1) is 18.6. The van der Waals surface area contributed by atoms with E-state index in [9.17, 15) is 10.4 Å². The van der Waals surface area contributed by atoms with E-state index in [1.807, 2.05) is 42.6 Å². The third-order valence-electron chi connectivity index (χ3n) is 7.22. The summed E-state index contributed by atoms with van der Waals surface area (Å²) in [5.41, 5.74) is 3.07. The predicted octanol–water partition coefficient (Wildman–Crippen LogP) is 4.03. The quantitative estimate of drug-likeness (QED) is 0.396. The fraction of sp³-hybridized carbons (Fsp3) is 0.333. The van der Waals surface area contributed by atoms with E-state index < -0.39 is 5.60 Å². The molecule has 1 saturated carbocycles. The number of fused-ring (bicyclic) bond motifs is 1. The van der Waals surface area contributed by atoms with Crippen molar-refractivity contribution in [3.05, 3.63) is 72.4 Å². The molecule has 6 rings (SSSR count). The number of ether oxygens (including phenoxy) is 1. The second-order valence-corrected chi connectivity index (χ2v) is 10.1. The van der Waals surface area contributed by atoms with Crippen molar-refractivity contribution in [3.63, 3.8) is 0 Å². The molecule has 0 amide bonds. The Bertz CT molecular complexity index is 1530. The molecule has 5 heterocycles. The summed E-state index contributed by atoms with van der Waals surface area (Å²) in [5, 5.41) is 25.1. The van der Waals surface area contributed by atoms with Gasteiger partial charge in [0, 0.05) is 54.6 Å². The lowest BCUT2D eigenvalue weighted by molar-refractivity contribution is 0.0156. The predicted molar refractivity (Wildman–Crippen MR) is 143 cm³/mol. The van der Waals surface area contributed by atoms with Crippen LogP contribution in [0.15, 0.2) is 61.2 Å². The molecule has 2 aliphatic rings. The second kappa shape index (κ2) is 10.2. The van der Waals surface area contributed by atoms with Crippen LogP contribution < -0.4 is 9.64 Å². The van der Waals surface area contributed by atoms with Crippen LogP contribution >= 0.6 is 0 Å². The Balaban J connectivity index is 1.19. The van der Waals surface area contributed by atoms with Crippen molar-refractivity contribution in [2.45, 2.75) is 37.7 Å². The van der Waals surface area contributed by atoms with Crippen LogP contribution in [0, 0.1) is 29.1 Å². The molecule has 4 aromatic heterocycles. The molecule has 8 nitrogen and oxygen atoms in total. The van der Waals surface area contributed by atoms with E-state index in [0.29, 0.717) is 56.2 Å². The van der Waals surface area contributed by atoms with E-state index in [2.05, 4.69) is 32.9 Å². The highest BCUT2D eigenvalue weighted by molar-refractivity contribution is 5.85. The Hall–Kier alpha value is -4.40. The summed E-state index contributed by atoms with van der Waals surface area (Å²) in [6.07, 6.45) is 11.2. The van der Waals surface area contributed by atoms with Gasteiger partial charge in [0.25, 0.3) is 0 Å². The van der Waals surface area contributed by atoms with Crippen molar-refractivity contribution in [1.29, 1.82) is 5.26 Å². The first-order valence-electron chi connectivity index (χ1n) is 13.0. The van der Waals surface area contributed by atoms with Crippen molar-refractivity contribution in [3.8, 4) is 34.8 Å². The third kappa shape index (κ3) is 5.18. The number of hydrogen-bond acceptors (Lipinski definition) is 7. The average molecular weight is 505 g/mol. The number of aromatic nitrogens is 4. The van der Waals surface area contributed by atoms with Crippen LogP contribution in [0.25, 0.3) is 16.6 Å². The highest BCUT2D eigenvalue weighted by Gasteiger charge is 2.33. The van der Waals surface area contributed by atoms with Gasteiger partial charge in [0.05, 0.1) is 29.1 Å². The van der Waals surface area contributed by atoms with Crippen molar-refractivity contribution in [2.24, 2.45) is 5.92 Å². The summed E-state index contributed by atoms with van der Waals surface area (Å²) in [4.78, 5) is 11.3. The highest BCUT2D eigenvalue weighted by Crippen LogP contribution is 2.33. The van der Waals surface area contributed by atoms with Gasteiger partial charge in [-0.1, -0.05) is 17.9 Å². The number of rotatable bonds is 6. The Morgan fingerprint density at radius 2 is 1.97 bits per heavy atom. The van der Waals surface area contributed by atoms with Gasteiger partial charge in [0.1, 0.15) is 24.2 Å². The van der Waals surface area contributed by atoms with Gasteiger partial charge in [-0.2, -0.15) is 10.4 Å². The number of pyridine rings is 3. The van der Waals surface area contributed by atoms with Crippen LogP contribution in [-0.2, 0) is 6.42 Å². The molecule has 8 heteroatoms. The molecule has 4 aromatic rings. The topological polar surface area (TPSA) is 99.6 Å². The van der Waals surface area contributed by atoms with Crippen molar-refractivity contribution < 1.29 is 9.84 Å². The van der Waals surface area contributed by atoms with E-state index in [-0.39, 0.29) is 0 Å². The Morgan fingerprint density at radius 1 is 1.11 bits per heavy atom. The van der Waals surface area contributed by atoms with E-state index in [0.717, 1.165) is 28.2 Å². The first kappa shape index (κ1) is 24.0. The zero-order valence-corrected chi connectivity index (χ0v) is 21.0. The Labute approximate surface area is 221 Å².